The zero-order valence-corrected chi connectivity index (χ0v) is 65.3. The Balaban J connectivity index is 0.860. The number of ether oxygens (including phenoxy) is 14. The lowest BCUT2D eigenvalue weighted by atomic mass is 9.87. The topological polar surface area (TPSA) is 457 Å². The number of benzene rings is 3. The average Bonchev–Trinajstić information content (AvgIpc) is 0.777. The lowest BCUT2D eigenvalue weighted by Crippen LogP contribution is -2.67. The van der Waals surface area contributed by atoms with Gasteiger partial charge in [-0.1, -0.05) is 126 Å². The molecule has 10 N–H and O–H groups in total. The number of carbonyl (C=O) groups is 1. The summed E-state index contributed by atoms with van der Waals surface area (Å²) in [5.74, 6) is -3.61. The molecular weight excluding hydrogens is 1500 g/mol. The standard InChI is InChI=1S/C71H110N4O31S3/c1-38-52(72-9)65(90-31-23-15-22-30-75(32-46-24-16-12-17-25-46)71(80)92-34-48-28-20-14-21-29-48)99-49(35-93-107(81,82)83)60(38)104-69-57(78)42(5)59(44(7)97-69)102-66-53(73-10)39(2)62(51(100-66)37-95-109(87,88)89)105-70-58(79)64(91-33-47-26-18-13-19-27-47)63(45(8)98-70)106-67-54(74-11)40(3)61(50(101-67)36-94-108(84,85)86)103-68-56(77)41(4)55(76)43(6)96-68/h12-14,16-21,24-29,38-45,49-70,72-74,76-79H,15,22-23,30-37H2,1-11H3,(H,81,82,83)(H,84,85,86)(H,87,88,89)/t38?,39?,40?,41?,42?,43-,44-,45?,49-,50-,51?,52?,53-,54?,55-,56?,57?,58?,59-,60-,61-,62-,63+,64-,65-,66+,67+,68-,69-,70-/m0/s1. The van der Waals surface area contributed by atoms with Crippen molar-refractivity contribution in [2.75, 3.05) is 54.1 Å². The van der Waals surface area contributed by atoms with Crippen molar-refractivity contribution in [3.63, 3.8) is 0 Å². The van der Waals surface area contributed by atoms with Crippen LogP contribution >= 0.6 is 0 Å². The van der Waals surface area contributed by atoms with Gasteiger partial charge in [-0.15, -0.1) is 0 Å². The van der Waals surface area contributed by atoms with Crippen LogP contribution in [-0.4, -0.2) is 278 Å². The Bertz CT molecular complexity index is 3600. The van der Waals surface area contributed by atoms with E-state index in [0.717, 1.165) is 11.1 Å². The Morgan fingerprint density at radius 1 is 0.404 bits per heavy atom. The molecule has 38 heteroatoms. The van der Waals surface area contributed by atoms with Crippen LogP contribution < -0.4 is 16.0 Å². The van der Waals surface area contributed by atoms with Gasteiger partial charge in [0.25, 0.3) is 0 Å². The number of aliphatic hydroxyl groups is 4. The van der Waals surface area contributed by atoms with Crippen molar-refractivity contribution in [2.24, 2.45) is 29.6 Å². The monoisotopic (exact) mass is 1610 g/mol. The second-order valence-electron chi connectivity index (χ2n) is 28.7. The molecule has 6 aliphatic heterocycles. The second kappa shape index (κ2) is 40.3. The fraction of sp³-hybridized carbons (Fsp3) is 0.732. The lowest BCUT2D eigenvalue weighted by molar-refractivity contribution is -0.375. The van der Waals surface area contributed by atoms with Gasteiger partial charge < -0.3 is 108 Å². The number of nitrogens with one attached hydrogen (secondary N) is 3. The Morgan fingerprint density at radius 3 is 1.25 bits per heavy atom. The summed E-state index contributed by atoms with van der Waals surface area (Å²) in [6.07, 6.45) is -26.2. The van der Waals surface area contributed by atoms with E-state index >= 15 is 0 Å². The number of rotatable bonds is 36. The normalized spacial score (nSPS) is 37.6. The molecule has 0 aromatic heterocycles. The van der Waals surface area contributed by atoms with Crippen LogP contribution in [0.3, 0.4) is 0 Å². The maximum Gasteiger partial charge on any atom is 0.410 e. The fourth-order valence-corrected chi connectivity index (χ4v) is 16.0. The molecule has 35 nitrogen and oxygen atoms in total. The van der Waals surface area contributed by atoms with Gasteiger partial charge in [-0.3, -0.25) is 13.7 Å². The molecule has 12 unspecified atom stereocenters. The van der Waals surface area contributed by atoms with Gasteiger partial charge in [-0.2, -0.15) is 25.3 Å². The lowest BCUT2D eigenvalue weighted by Gasteiger charge is -2.52. The molecule has 6 heterocycles. The van der Waals surface area contributed by atoms with Crippen molar-refractivity contribution >= 4 is 37.3 Å². The van der Waals surface area contributed by atoms with Crippen molar-refractivity contribution in [3.05, 3.63) is 108 Å². The number of amides is 1. The molecular formula is C71H110N4O31S3. The largest absolute Gasteiger partial charge is 0.445 e. The molecule has 0 radical (unpaired) electrons. The molecule has 0 spiro atoms. The van der Waals surface area contributed by atoms with Crippen molar-refractivity contribution < 1.29 is 143 Å². The quantitative estimate of drug-likeness (QED) is 0.0295. The summed E-state index contributed by atoms with van der Waals surface area (Å²) in [7, 11) is -10.3. The van der Waals surface area contributed by atoms with Crippen LogP contribution in [0.4, 0.5) is 4.79 Å². The molecule has 109 heavy (non-hydrogen) atoms. The number of hydrogen-bond acceptors (Lipinski definition) is 31. The molecule has 1 amide bonds. The van der Waals surface area contributed by atoms with E-state index in [1.54, 1.807) is 112 Å². The summed E-state index contributed by atoms with van der Waals surface area (Å²) in [6.45, 7) is 11.9. The Kier molecular flexibility index (Phi) is 32.8. The van der Waals surface area contributed by atoms with Crippen molar-refractivity contribution in [2.45, 2.75) is 248 Å². The molecule has 618 valence electrons. The summed E-state index contributed by atoms with van der Waals surface area (Å²) in [5.41, 5.74) is 2.48. The average molecular weight is 1610 g/mol. The number of nitrogens with zero attached hydrogens (tertiary/aromatic N) is 1. The third-order valence-electron chi connectivity index (χ3n) is 21.2. The number of hydrogen-bond donors (Lipinski definition) is 10. The van der Waals surface area contributed by atoms with Gasteiger partial charge >= 0.3 is 37.3 Å². The van der Waals surface area contributed by atoms with E-state index in [1.807, 2.05) is 60.7 Å². The molecule has 6 saturated heterocycles. The highest BCUT2D eigenvalue weighted by Crippen LogP contribution is 2.42. The van der Waals surface area contributed by atoms with Crippen LogP contribution in [-0.2, 0) is 130 Å². The molecule has 0 aliphatic carbocycles. The first-order valence-corrected chi connectivity index (χ1v) is 40.8. The predicted molar refractivity (Wildman–Crippen MR) is 383 cm³/mol. The van der Waals surface area contributed by atoms with E-state index in [9.17, 15) is 64.1 Å². The van der Waals surface area contributed by atoms with E-state index in [-0.39, 0.29) is 19.8 Å². The number of likely N-dealkylation sites (N-methyl/N-ethyl adjacent to an activating group) is 3. The highest BCUT2D eigenvalue weighted by Gasteiger charge is 2.57. The molecule has 9 rings (SSSR count). The zero-order valence-electron chi connectivity index (χ0n) is 62.9. The van der Waals surface area contributed by atoms with E-state index in [4.69, 9.17) is 78.9 Å². The Hall–Kier alpha value is -4.26. The Morgan fingerprint density at radius 2 is 0.789 bits per heavy atom. The van der Waals surface area contributed by atoms with Crippen LogP contribution in [0.25, 0.3) is 0 Å². The highest BCUT2D eigenvalue weighted by molar-refractivity contribution is 7.81. The highest BCUT2D eigenvalue weighted by atomic mass is 32.3. The van der Waals surface area contributed by atoms with Gasteiger partial charge in [0.1, 0.15) is 55.4 Å². The predicted octanol–water partition coefficient (Wildman–Crippen LogP) is 2.78. The Labute approximate surface area is 637 Å². The maximum absolute atomic E-state index is 13.4. The van der Waals surface area contributed by atoms with Crippen molar-refractivity contribution in [3.8, 4) is 0 Å². The minimum Gasteiger partial charge on any atom is -0.445 e. The fourth-order valence-electron chi connectivity index (χ4n) is 15.0. The number of aliphatic hydroxyl groups excluding tert-OH is 4. The van der Waals surface area contributed by atoms with Gasteiger partial charge in [0, 0.05) is 49.3 Å². The van der Waals surface area contributed by atoms with E-state index < -0.39 is 240 Å². The van der Waals surface area contributed by atoms with Gasteiger partial charge in [0.05, 0.1) is 93.4 Å². The van der Waals surface area contributed by atoms with E-state index in [1.165, 1.54) is 0 Å². The van der Waals surface area contributed by atoms with E-state index in [0.29, 0.717) is 37.9 Å². The van der Waals surface area contributed by atoms with Gasteiger partial charge in [0.2, 0.25) is 0 Å². The third kappa shape index (κ3) is 24.2. The van der Waals surface area contributed by atoms with Crippen LogP contribution in [0.2, 0.25) is 0 Å². The van der Waals surface area contributed by atoms with Crippen LogP contribution in [0.5, 0.6) is 0 Å². The van der Waals surface area contributed by atoms with Gasteiger partial charge in [-0.25, -0.2) is 17.3 Å². The number of carbonyl (C=O) groups excluding carboxylic acids is 1. The van der Waals surface area contributed by atoms with Gasteiger partial charge in [-0.05, 0) is 77.9 Å². The first kappa shape index (κ1) is 88.7. The smallest absolute Gasteiger partial charge is 0.410 e. The first-order chi connectivity index (χ1) is 51.7. The number of unbranched alkanes of at least 4 members (excludes halogenated alkanes) is 2. The summed E-state index contributed by atoms with van der Waals surface area (Å²) in [5, 5.41) is 56.2. The van der Waals surface area contributed by atoms with Crippen LogP contribution in [0.1, 0.15) is 91.3 Å². The molecule has 6 fully saturated rings. The maximum atomic E-state index is 13.4. The van der Waals surface area contributed by atoms with Crippen LogP contribution in [0.15, 0.2) is 91.0 Å². The minimum atomic E-state index is -5.15. The first-order valence-electron chi connectivity index (χ1n) is 36.7. The molecule has 3 aromatic carbocycles. The summed E-state index contributed by atoms with van der Waals surface area (Å²) in [6, 6.07) is 25.6. The van der Waals surface area contributed by atoms with Crippen LogP contribution in [0, 0.1) is 29.6 Å². The third-order valence-corrected chi connectivity index (χ3v) is 22.5. The minimum absolute atomic E-state index is 0.0980. The molecule has 6 aliphatic rings. The molecule has 30 atom stereocenters. The van der Waals surface area contributed by atoms with E-state index in [2.05, 4.69) is 16.0 Å². The summed E-state index contributed by atoms with van der Waals surface area (Å²) >= 11 is 0. The second-order valence-corrected chi connectivity index (χ2v) is 32.0. The molecule has 0 bridgehead atoms. The summed E-state index contributed by atoms with van der Waals surface area (Å²) in [4.78, 5) is 15.0. The van der Waals surface area contributed by atoms with Crippen molar-refractivity contribution in [1.29, 1.82) is 0 Å². The van der Waals surface area contributed by atoms with Crippen molar-refractivity contribution in [1.82, 2.24) is 20.9 Å². The SMILES string of the molecule is CNC1C(C)[C@H](O[C@@H]2O[C@@H](C)[C@@H](O)C(C)C2O)[C@H](COS(=O)(=O)O)O[C@@H]1O[C@@H]1C(C)O[C@@H](O[C@@H]2C(COS(=O)(=O)O)O[C@H](O[C@H]3C(C)C(O)[C@H](O[C@H]4C(C)C(NC)[C@@H](OCCCCCN(Cc5ccccc5)C(=O)OCc5ccccc5)O[C@H]4COS(=O)(=O)O)O[C@H]3C)[C@@H](NC)C2C)C(O)[C@@H]1OCc1ccccc1. The molecule has 0 saturated carbocycles. The summed E-state index contributed by atoms with van der Waals surface area (Å²) < 4.78 is 207. The zero-order chi connectivity index (χ0) is 79.2. The van der Waals surface area contributed by atoms with Gasteiger partial charge in [0.15, 0.2) is 37.7 Å². The molecule has 3 aromatic rings.